The van der Waals surface area contributed by atoms with Gasteiger partial charge in [-0.05, 0) is 13.0 Å². The van der Waals surface area contributed by atoms with Crippen molar-refractivity contribution in [2.24, 2.45) is 5.73 Å². The van der Waals surface area contributed by atoms with E-state index in [2.05, 4.69) is 4.98 Å². The van der Waals surface area contributed by atoms with E-state index in [4.69, 9.17) is 15.2 Å². The number of nitrogens with two attached hydrogens (primary N) is 1. The van der Waals surface area contributed by atoms with Gasteiger partial charge in [0.15, 0.2) is 5.60 Å². The Labute approximate surface area is 116 Å². The number of nitrogens with zero attached hydrogens (tertiary/aromatic N) is 2. The molecule has 1 aliphatic heterocycles. The van der Waals surface area contributed by atoms with E-state index in [1.54, 1.807) is 19.1 Å². The lowest BCUT2D eigenvalue weighted by Gasteiger charge is -2.38. The first kappa shape index (κ1) is 14.3. The van der Waals surface area contributed by atoms with E-state index in [1.165, 1.54) is 18.2 Å². The van der Waals surface area contributed by atoms with Crippen molar-refractivity contribution in [1.82, 2.24) is 9.88 Å². The number of hydrogen-bond acceptors (Lipinski definition) is 5. The van der Waals surface area contributed by atoms with Crippen molar-refractivity contribution in [2.75, 3.05) is 26.8 Å². The molecule has 1 aliphatic rings. The Morgan fingerprint density at radius 2 is 2.25 bits per heavy atom. The zero-order valence-corrected chi connectivity index (χ0v) is 11.5. The van der Waals surface area contributed by atoms with Gasteiger partial charge in [0, 0.05) is 18.8 Å². The number of morpholine rings is 1. The summed E-state index contributed by atoms with van der Waals surface area (Å²) < 4.78 is 10.3. The number of amides is 2. The zero-order chi connectivity index (χ0) is 14.8. The largest absolute Gasteiger partial charge is 0.481 e. The fraction of sp³-hybridized carbons (Fsp3) is 0.462. The van der Waals surface area contributed by atoms with Crippen molar-refractivity contribution in [3.63, 3.8) is 0 Å². The minimum atomic E-state index is -1.15. The highest BCUT2D eigenvalue weighted by atomic mass is 16.5. The SMILES string of the molecule is COc1ccc(C(=O)N2CCOC(C)(C(N)=O)C2)cn1. The standard InChI is InChI=1S/C13H17N3O4/c1-13(12(14)18)8-16(5-6-20-13)11(17)9-3-4-10(19-2)15-7-9/h3-4,7H,5-6,8H2,1-2H3,(H2,14,18). The van der Waals surface area contributed by atoms with Crippen molar-refractivity contribution in [1.29, 1.82) is 0 Å². The molecule has 0 radical (unpaired) electrons. The van der Waals surface area contributed by atoms with Gasteiger partial charge in [-0.2, -0.15) is 0 Å². The molecule has 1 aromatic rings. The molecule has 7 heteroatoms. The van der Waals surface area contributed by atoms with Gasteiger partial charge in [-0.3, -0.25) is 9.59 Å². The predicted molar refractivity (Wildman–Crippen MR) is 70.2 cm³/mol. The Balaban J connectivity index is 2.14. The highest BCUT2D eigenvalue weighted by Crippen LogP contribution is 2.19. The lowest BCUT2D eigenvalue weighted by atomic mass is 10.0. The van der Waals surface area contributed by atoms with Crippen molar-refractivity contribution >= 4 is 11.8 Å². The number of hydrogen-bond donors (Lipinski definition) is 1. The fourth-order valence-electron chi connectivity index (χ4n) is 2.00. The van der Waals surface area contributed by atoms with Crippen LogP contribution in [0.1, 0.15) is 17.3 Å². The molecule has 2 heterocycles. The maximum absolute atomic E-state index is 12.3. The number of carbonyl (C=O) groups is 2. The van der Waals surface area contributed by atoms with Gasteiger partial charge in [-0.25, -0.2) is 4.98 Å². The molecule has 108 valence electrons. The first-order valence-corrected chi connectivity index (χ1v) is 6.19. The van der Waals surface area contributed by atoms with Gasteiger partial charge in [-0.1, -0.05) is 0 Å². The predicted octanol–water partition coefficient (Wildman–Crippen LogP) is -0.193. The molecule has 0 aromatic carbocycles. The van der Waals surface area contributed by atoms with E-state index >= 15 is 0 Å². The van der Waals surface area contributed by atoms with Crippen molar-refractivity contribution in [3.05, 3.63) is 23.9 Å². The van der Waals surface area contributed by atoms with Gasteiger partial charge in [0.1, 0.15) is 0 Å². The second-order valence-corrected chi connectivity index (χ2v) is 4.76. The van der Waals surface area contributed by atoms with Crippen LogP contribution in [0.2, 0.25) is 0 Å². The molecule has 2 amide bonds. The van der Waals surface area contributed by atoms with Crippen LogP contribution in [-0.4, -0.2) is 54.1 Å². The van der Waals surface area contributed by atoms with Crippen LogP contribution in [0.4, 0.5) is 0 Å². The third kappa shape index (κ3) is 2.72. The monoisotopic (exact) mass is 279 g/mol. The Bertz CT molecular complexity index is 517. The molecule has 20 heavy (non-hydrogen) atoms. The van der Waals surface area contributed by atoms with Crippen LogP contribution < -0.4 is 10.5 Å². The van der Waals surface area contributed by atoms with E-state index < -0.39 is 11.5 Å². The molecule has 0 bridgehead atoms. The van der Waals surface area contributed by atoms with Gasteiger partial charge in [0.25, 0.3) is 11.8 Å². The van der Waals surface area contributed by atoms with E-state index in [1.807, 2.05) is 0 Å². The smallest absolute Gasteiger partial charge is 0.255 e. The Kier molecular flexibility index (Phi) is 3.89. The zero-order valence-electron chi connectivity index (χ0n) is 11.5. The number of carbonyl (C=O) groups excluding carboxylic acids is 2. The van der Waals surface area contributed by atoms with E-state index in [0.29, 0.717) is 18.0 Å². The van der Waals surface area contributed by atoms with Gasteiger partial charge in [-0.15, -0.1) is 0 Å². The van der Waals surface area contributed by atoms with Gasteiger partial charge < -0.3 is 20.1 Å². The summed E-state index contributed by atoms with van der Waals surface area (Å²) in [5.74, 6) is -0.357. The number of pyridine rings is 1. The molecule has 1 unspecified atom stereocenters. The number of methoxy groups -OCH3 is 1. The molecule has 2 N–H and O–H groups in total. The third-order valence-electron chi connectivity index (χ3n) is 3.28. The summed E-state index contributed by atoms with van der Waals surface area (Å²) in [5.41, 5.74) is 4.59. The molecule has 0 saturated carbocycles. The van der Waals surface area contributed by atoms with E-state index in [9.17, 15) is 9.59 Å². The summed E-state index contributed by atoms with van der Waals surface area (Å²) in [6.45, 7) is 2.40. The maximum Gasteiger partial charge on any atom is 0.255 e. The lowest BCUT2D eigenvalue weighted by molar-refractivity contribution is -0.150. The number of aromatic nitrogens is 1. The first-order chi connectivity index (χ1) is 9.46. The highest BCUT2D eigenvalue weighted by Gasteiger charge is 2.39. The van der Waals surface area contributed by atoms with Crippen molar-refractivity contribution in [2.45, 2.75) is 12.5 Å². The number of rotatable bonds is 3. The minimum Gasteiger partial charge on any atom is -0.481 e. The van der Waals surface area contributed by atoms with Crippen LogP contribution >= 0.6 is 0 Å². The lowest BCUT2D eigenvalue weighted by Crippen LogP contribution is -2.58. The summed E-state index contributed by atoms with van der Waals surface area (Å²) in [4.78, 5) is 29.3. The summed E-state index contributed by atoms with van der Waals surface area (Å²) >= 11 is 0. The molecular weight excluding hydrogens is 262 g/mol. The molecule has 1 saturated heterocycles. The van der Waals surface area contributed by atoms with E-state index in [0.717, 1.165) is 0 Å². The molecular formula is C13H17N3O4. The number of primary amides is 1. The molecule has 0 spiro atoms. The summed E-state index contributed by atoms with van der Waals surface area (Å²) in [6, 6.07) is 3.24. The normalized spacial score (nSPS) is 22.4. The first-order valence-electron chi connectivity index (χ1n) is 6.19. The average Bonchev–Trinajstić information content (AvgIpc) is 2.46. The molecule has 7 nitrogen and oxygen atoms in total. The van der Waals surface area contributed by atoms with Crippen LogP contribution in [0.15, 0.2) is 18.3 Å². The molecule has 1 fully saturated rings. The minimum absolute atomic E-state index is 0.132. The highest BCUT2D eigenvalue weighted by molar-refractivity contribution is 5.95. The van der Waals surface area contributed by atoms with Crippen LogP contribution in [0.5, 0.6) is 5.88 Å². The average molecular weight is 279 g/mol. The topological polar surface area (TPSA) is 94.7 Å². The number of ether oxygens (including phenoxy) is 2. The van der Waals surface area contributed by atoms with Gasteiger partial charge >= 0.3 is 0 Å². The maximum atomic E-state index is 12.3. The second-order valence-electron chi connectivity index (χ2n) is 4.76. The molecule has 0 aliphatic carbocycles. The van der Waals surface area contributed by atoms with Crippen LogP contribution in [0.3, 0.4) is 0 Å². The van der Waals surface area contributed by atoms with Crippen molar-refractivity contribution in [3.8, 4) is 5.88 Å². The third-order valence-corrected chi connectivity index (χ3v) is 3.28. The molecule has 2 rings (SSSR count). The van der Waals surface area contributed by atoms with Gasteiger partial charge in [0.2, 0.25) is 5.88 Å². The Morgan fingerprint density at radius 1 is 1.50 bits per heavy atom. The molecule has 1 aromatic heterocycles. The Hall–Kier alpha value is -2.15. The fourth-order valence-corrected chi connectivity index (χ4v) is 2.00. The summed E-state index contributed by atoms with van der Waals surface area (Å²) in [5, 5.41) is 0. The van der Waals surface area contributed by atoms with Crippen LogP contribution in [-0.2, 0) is 9.53 Å². The second kappa shape index (κ2) is 5.46. The van der Waals surface area contributed by atoms with Crippen LogP contribution in [0, 0.1) is 0 Å². The molecule has 1 atom stereocenters. The quantitative estimate of drug-likeness (QED) is 0.827. The summed E-state index contributed by atoms with van der Waals surface area (Å²) in [7, 11) is 1.50. The van der Waals surface area contributed by atoms with Crippen LogP contribution in [0.25, 0.3) is 0 Å². The van der Waals surface area contributed by atoms with Crippen molar-refractivity contribution < 1.29 is 19.1 Å². The Morgan fingerprint density at radius 3 is 2.80 bits per heavy atom. The summed E-state index contributed by atoms with van der Waals surface area (Å²) in [6.07, 6.45) is 1.44. The van der Waals surface area contributed by atoms with Gasteiger partial charge in [0.05, 0.1) is 25.8 Å². The van der Waals surface area contributed by atoms with E-state index in [-0.39, 0.29) is 19.1 Å².